The Morgan fingerprint density at radius 2 is 2.30 bits per heavy atom. The second kappa shape index (κ2) is 5.24. The molecule has 7 nitrogen and oxygen atoms in total. The first kappa shape index (κ1) is 15.1. The van der Waals surface area contributed by atoms with E-state index in [9.17, 15) is 23.8 Å². The number of ether oxygens (including phenoxy) is 1. The molecule has 0 saturated carbocycles. The highest BCUT2D eigenvalue weighted by molar-refractivity contribution is 6.18. The van der Waals surface area contributed by atoms with Gasteiger partial charge in [-0.05, 0) is 0 Å². The molecule has 0 aromatic carbocycles. The molecule has 2 rings (SSSR count). The Morgan fingerprint density at radius 3 is 2.80 bits per heavy atom. The van der Waals surface area contributed by atoms with Crippen LogP contribution < -0.4 is 11.4 Å². The van der Waals surface area contributed by atoms with Crippen molar-refractivity contribution in [3.05, 3.63) is 22.5 Å². The van der Waals surface area contributed by atoms with Crippen molar-refractivity contribution < 1.29 is 23.7 Å². The number of hydrogen-bond acceptors (Lipinski definition) is 6. The van der Waals surface area contributed by atoms with Gasteiger partial charge in [-0.15, -0.1) is 11.6 Å². The Bertz CT molecular complexity index is 566. The van der Waals surface area contributed by atoms with E-state index in [1.54, 1.807) is 0 Å². The first-order valence-corrected chi connectivity index (χ1v) is 6.10. The fourth-order valence-corrected chi connectivity index (χ4v) is 2.26. The maximum atomic E-state index is 14.1. The van der Waals surface area contributed by atoms with Gasteiger partial charge in [0.25, 0.3) is 0 Å². The van der Waals surface area contributed by atoms with Gasteiger partial charge in [-0.3, -0.25) is 4.57 Å². The molecule has 4 atom stereocenters. The van der Waals surface area contributed by atoms with E-state index in [1.165, 1.54) is 0 Å². The molecule has 1 saturated heterocycles. The summed E-state index contributed by atoms with van der Waals surface area (Å²) in [6.07, 6.45) is -4.91. The smallest absolute Gasteiger partial charge is 0.351 e. The molecule has 112 valence electrons. The number of halogens is 3. The number of aromatic nitrogens is 2. The van der Waals surface area contributed by atoms with Gasteiger partial charge in [-0.1, -0.05) is 0 Å². The zero-order chi connectivity index (χ0) is 15.1. The van der Waals surface area contributed by atoms with Crippen LogP contribution >= 0.6 is 11.6 Å². The third-order valence-electron chi connectivity index (χ3n) is 3.17. The van der Waals surface area contributed by atoms with Crippen LogP contribution in [0.2, 0.25) is 0 Å². The van der Waals surface area contributed by atoms with E-state index in [2.05, 4.69) is 4.98 Å². The Balaban J connectivity index is 2.45. The second-order valence-corrected chi connectivity index (χ2v) is 4.69. The summed E-state index contributed by atoms with van der Waals surface area (Å²) in [5, 5.41) is 19.0. The zero-order valence-corrected chi connectivity index (χ0v) is 10.8. The maximum Gasteiger partial charge on any atom is 0.351 e. The molecule has 4 N–H and O–H groups in total. The minimum absolute atomic E-state index is 0.415. The molecule has 1 aromatic heterocycles. The number of aliphatic hydroxyl groups is 2. The molecule has 0 bridgehead atoms. The van der Waals surface area contributed by atoms with E-state index in [0.29, 0.717) is 10.8 Å². The van der Waals surface area contributed by atoms with Gasteiger partial charge in [0.05, 0.1) is 18.7 Å². The molecule has 1 fully saturated rings. The van der Waals surface area contributed by atoms with Gasteiger partial charge in [0.15, 0.2) is 24.0 Å². The molecule has 0 aliphatic carbocycles. The largest absolute Gasteiger partial charge is 0.393 e. The normalized spacial score (nSPS) is 33.5. The minimum Gasteiger partial charge on any atom is -0.393 e. The van der Waals surface area contributed by atoms with E-state index < -0.39 is 53.9 Å². The van der Waals surface area contributed by atoms with E-state index in [0.717, 1.165) is 0 Å². The van der Waals surface area contributed by atoms with Crippen LogP contribution in [-0.2, 0) is 4.74 Å². The monoisotopic (exact) mass is 311 g/mol. The number of aliphatic hydroxyl groups excluding tert-OH is 2. The molecule has 0 amide bonds. The Morgan fingerprint density at radius 1 is 1.65 bits per heavy atom. The lowest BCUT2D eigenvalue weighted by Gasteiger charge is -2.26. The van der Waals surface area contributed by atoms with E-state index in [-0.39, 0.29) is 0 Å². The number of hydrogen-bond donors (Lipinski definition) is 3. The van der Waals surface area contributed by atoms with E-state index >= 15 is 0 Å². The second-order valence-electron chi connectivity index (χ2n) is 4.42. The highest BCUT2D eigenvalue weighted by atomic mass is 35.5. The van der Waals surface area contributed by atoms with Gasteiger partial charge in [-0.2, -0.15) is 4.98 Å². The molecule has 2 heterocycles. The van der Waals surface area contributed by atoms with E-state index in [4.69, 9.17) is 22.1 Å². The van der Waals surface area contributed by atoms with Crippen molar-refractivity contribution >= 4 is 17.4 Å². The average molecular weight is 312 g/mol. The topological polar surface area (TPSA) is 111 Å². The van der Waals surface area contributed by atoms with Crippen LogP contribution in [0.1, 0.15) is 6.23 Å². The van der Waals surface area contributed by atoms with Gasteiger partial charge in [0, 0.05) is 0 Å². The molecular weight excluding hydrogens is 300 g/mol. The summed E-state index contributed by atoms with van der Waals surface area (Å²) < 4.78 is 33.1. The van der Waals surface area contributed by atoms with Crippen molar-refractivity contribution in [2.24, 2.45) is 0 Å². The predicted octanol–water partition coefficient (Wildman–Crippen LogP) is -0.838. The minimum atomic E-state index is -2.09. The summed E-state index contributed by atoms with van der Waals surface area (Å²) in [7, 11) is 0. The number of anilines is 1. The zero-order valence-electron chi connectivity index (χ0n) is 10.0. The van der Waals surface area contributed by atoms with Gasteiger partial charge in [0.2, 0.25) is 0 Å². The van der Waals surface area contributed by atoms with Crippen LogP contribution in [-0.4, -0.2) is 50.1 Å². The molecule has 1 aliphatic heterocycles. The van der Waals surface area contributed by atoms with Gasteiger partial charge >= 0.3 is 5.69 Å². The molecule has 10 heteroatoms. The van der Waals surface area contributed by atoms with Crippen LogP contribution in [0, 0.1) is 5.82 Å². The van der Waals surface area contributed by atoms with Crippen molar-refractivity contribution in [3.63, 3.8) is 0 Å². The van der Waals surface area contributed by atoms with E-state index in [1.807, 2.05) is 0 Å². The molecular formula is C10H12ClF2N3O4. The van der Waals surface area contributed by atoms with Crippen molar-refractivity contribution in [1.82, 2.24) is 9.55 Å². The fraction of sp³-hybridized carbons (Fsp3) is 0.600. The van der Waals surface area contributed by atoms with Crippen molar-refractivity contribution in [2.75, 3.05) is 18.2 Å². The predicted molar refractivity (Wildman–Crippen MR) is 64.4 cm³/mol. The summed E-state index contributed by atoms with van der Waals surface area (Å²) in [6, 6.07) is 0. The molecule has 1 aliphatic rings. The average Bonchev–Trinajstić information content (AvgIpc) is 2.68. The number of rotatable bonds is 3. The molecule has 20 heavy (non-hydrogen) atoms. The van der Waals surface area contributed by atoms with Crippen LogP contribution in [0.3, 0.4) is 0 Å². The van der Waals surface area contributed by atoms with Crippen LogP contribution in [0.4, 0.5) is 14.6 Å². The molecule has 0 unspecified atom stereocenters. The number of nitrogen functional groups attached to an aromatic ring is 1. The van der Waals surface area contributed by atoms with Gasteiger partial charge in [0.1, 0.15) is 11.7 Å². The quantitative estimate of drug-likeness (QED) is 0.628. The van der Waals surface area contributed by atoms with Crippen molar-refractivity contribution in [3.8, 4) is 0 Å². The number of alkyl halides is 2. The first-order valence-electron chi connectivity index (χ1n) is 5.57. The first-order chi connectivity index (χ1) is 9.36. The number of nitrogens with two attached hydrogens (primary N) is 1. The molecule has 0 spiro atoms. The Hall–Kier alpha value is -1.29. The van der Waals surface area contributed by atoms with Crippen molar-refractivity contribution in [1.29, 1.82) is 0 Å². The van der Waals surface area contributed by atoms with Gasteiger partial charge in [-0.25, -0.2) is 13.6 Å². The number of nitrogens with zero attached hydrogens (tertiary/aromatic N) is 2. The summed E-state index contributed by atoms with van der Waals surface area (Å²) in [6.45, 7) is -0.770. The van der Waals surface area contributed by atoms with Crippen LogP contribution in [0.25, 0.3) is 0 Å². The maximum absolute atomic E-state index is 14.1. The van der Waals surface area contributed by atoms with Gasteiger partial charge < -0.3 is 20.7 Å². The summed E-state index contributed by atoms with van der Waals surface area (Å²) in [5.74, 6) is -2.09. The van der Waals surface area contributed by atoms with Crippen LogP contribution in [0.5, 0.6) is 0 Å². The summed E-state index contributed by atoms with van der Waals surface area (Å²) in [5.41, 5.74) is 2.29. The lowest BCUT2D eigenvalue weighted by Crippen LogP contribution is -2.47. The lowest BCUT2D eigenvalue weighted by molar-refractivity contribution is -0.115. The Kier molecular flexibility index (Phi) is 3.96. The third kappa shape index (κ3) is 2.16. The molecule has 1 aromatic rings. The standard InChI is InChI=1S/C10H12ClF2N3O4/c11-2-10(3-17)6(18)5(13)8(20-10)16-1-4(12)7(14)15-9(16)19/h1,5-6,8,17-18H,2-3H2,(H2,14,15,19)/t5-,6+,8-,10-/m1/s1. The third-order valence-corrected chi connectivity index (χ3v) is 3.62. The lowest BCUT2D eigenvalue weighted by atomic mass is 9.99. The summed E-state index contributed by atoms with van der Waals surface area (Å²) in [4.78, 5) is 14.8. The Labute approximate surface area is 116 Å². The highest BCUT2D eigenvalue weighted by Crippen LogP contribution is 2.39. The SMILES string of the molecule is Nc1nc(=O)n([C@@H]2O[C@@](CO)(CCl)[C@@H](O)[C@H]2F)cc1F. The molecule has 0 radical (unpaired) electrons. The highest BCUT2D eigenvalue weighted by Gasteiger charge is 2.55. The van der Waals surface area contributed by atoms with Crippen molar-refractivity contribution in [2.45, 2.75) is 24.1 Å². The summed E-state index contributed by atoms with van der Waals surface area (Å²) >= 11 is 5.57. The van der Waals surface area contributed by atoms with Crippen LogP contribution in [0.15, 0.2) is 11.0 Å². The fourth-order valence-electron chi connectivity index (χ4n) is 1.96.